The first-order valence-corrected chi connectivity index (χ1v) is 8.94. The monoisotopic (exact) mass is 311 g/mol. The molecular weight excluding hydrogens is 278 g/mol. The van der Waals surface area contributed by atoms with Crippen LogP contribution in [-0.2, 0) is 4.74 Å². The van der Waals surface area contributed by atoms with E-state index in [2.05, 4.69) is 29.6 Å². The van der Waals surface area contributed by atoms with Crippen LogP contribution < -0.4 is 10.6 Å². The van der Waals surface area contributed by atoms with Crippen molar-refractivity contribution in [3.8, 4) is 0 Å². The van der Waals surface area contributed by atoms with Crippen molar-refractivity contribution in [1.82, 2.24) is 15.5 Å². The second kappa shape index (κ2) is 9.36. The predicted molar refractivity (Wildman–Crippen MR) is 89.0 cm³/mol. The Bertz CT molecular complexity index is 322. The average molecular weight is 311 g/mol. The largest absolute Gasteiger partial charge is 0.378 e. The number of carbonyl (C=O) groups is 1. The highest BCUT2D eigenvalue weighted by molar-refractivity contribution is 5.74. The van der Waals surface area contributed by atoms with E-state index in [0.717, 1.165) is 38.2 Å². The molecule has 1 aliphatic carbocycles. The van der Waals surface area contributed by atoms with Gasteiger partial charge in [-0.1, -0.05) is 0 Å². The zero-order valence-electron chi connectivity index (χ0n) is 14.3. The fraction of sp³-hybridized carbons (Fsp3) is 0.941. The number of nitrogens with zero attached hydrogens (tertiary/aromatic N) is 1. The van der Waals surface area contributed by atoms with Gasteiger partial charge in [-0.25, -0.2) is 4.79 Å². The first kappa shape index (κ1) is 17.5. The summed E-state index contributed by atoms with van der Waals surface area (Å²) in [6.07, 6.45) is 9.51. The summed E-state index contributed by atoms with van der Waals surface area (Å²) in [6, 6.07) is 0.344. The maximum Gasteiger partial charge on any atom is 0.315 e. The zero-order chi connectivity index (χ0) is 15.8. The molecule has 2 rings (SSSR count). The highest BCUT2D eigenvalue weighted by Gasteiger charge is 2.22. The Balaban J connectivity index is 1.54. The van der Waals surface area contributed by atoms with Crippen LogP contribution in [-0.4, -0.2) is 56.9 Å². The molecule has 1 saturated carbocycles. The Kier molecular flexibility index (Phi) is 7.46. The summed E-state index contributed by atoms with van der Waals surface area (Å²) in [6.45, 7) is 2.76. The van der Waals surface area contributed by atoms with Gasteiger partial charge in [0.25, 0.3) is 0 Å². The van der Waals surface area contributed by atoms with Crippen LogP contribution in [0.5, 0.6) is 0 Å². The molecule has 2 N–H and O–H groups in total. The lowest BCUT2D eigenvalue weighted by molar-refractivity contribution is 0.0120. The molecule has 0 unspecified atom stereocenters. The van der Waals surface area contributed by atoms with Crippen molar-refractivity contribution in [2.75, 3.05) is 33.8 Å². The molecule has 1 saturated heterocycles. The highest BCUT2D eigenvalue weighted by atomic mass is 16.5. The second-order valence-corrected chi connectivity index (χ2v) is 7.16. The van der Waals surface area contributed by atoms with Gasteiger partial charge in [-0.2, -0.15) is 0 Å². The van der Waals surface area contributed by atoms with E-state index < -0.39 is 0 Å². The van der Waals surface area contributed by atoms with Gasteiger partial charge in [0.15, 0.2) is 0 Å². The van der Waals surface area contributed by atoms with Gasteiger partial charge in [0, 0.05) is 25.7 Å². The number of nitrogens with one attached hydrogen (secondary N) is 2. The van der Waals surface area contributed by atoms with E-state index in [1.165, 1.54) is 32.2 Å². The maximum atomic E-state index is 11.9. The first-order chi connectivity index (χ1) is 10.6. The molecule has 1 atom stereocenters. The van der Waals surface area contributed by atoms with Crippen molar-refractivity contribution in [3.05, 3.63) is 0 Å². The molecule has 2 aliphatic rings. The van der Waals surface area contributed by atoms with E-state index in [0.29, 0.717) is 18.7 Å². The van der Waals surface area contributed by atoms with E-state index in [1.54, 1.807) is 0 Å². The molecule has 2 amide bonds. The van der Waals surface area contributed by atoms with Crippen LogP contribution in [0, 0.1) is 5.92 Å². The molecule has 1 heterocycles. The minimum absolute atomic E-state index is 0.00753. The number of rotatable bonds is 6. The van der Waals surface area contributed by atoms with Gasteiger partial charge >= 0.3 is 6.03 Å². The number of hydrogen-bond acceptors (Lipinski definition) is 3. The molecule has 22 heavy (non-hydrogen) atoms. The lowest BCUT2D eigenvalue weighted by Crippen LogP contribution is -2.45. The fourth-order valence-corrected chi connectivity index (χ4v) is 3.62. The molecule has 1 aliphatic heterocycles. The Morgan fingerprint density at radius 1 is 1.14 bits per heavy atom. The Labute approximate surface area is 135 Å². The van der Waals surface area contributed by atoms with E-state index in [-0.39, 0.29) is 6.03 Å². The normalized spacial score (nSPS) is 29.3. The third-order valence-electron chi connectivity index (χ3n) is 4.83. The number of urea groups is 1. The summed E-state index contributed by atoms with van der Waals surface area (Å²) >= 11 is 0. The minimum atomic E-state index is -0.00753. The minimum Gasteiger partial charge on any atom is -0.378 e. The van der Waals surface area contributed by atoms with Crippen LogP contribution in [0.25, 0.3) is 0 Å². The maximum absolute atomic E-state index is 11.9. The molecular formula is C17H33N3O2. The molecule has 0 aromatic heterocycles. The van der Waals surface area contributed by atoms with E-state index >= 15 is 0 Å². The van der Waals surface area contributed by atoms with E-state index in [4.69, 9.17) is 4.74 Å². The van der Waals surface area contributed by atoms with Crippen LogP contribution >= 0.6 is 0 Å². The standard InChI is InChI=1S/C17H33N3O2/c1-20(2)13-14-6-8-15(9-7-14)19-17(21)18-11-10-16-5-3-4-12-22-16/h14-16H,3-13H2,1-2H3,(H2,18,19,21)/t14?,15?,16-/m1/s1. The summed E-state index contributed by atoms with van der Waals surface area (Å²) in [7, 11) is 4.27. The number of carbonyl (C=O) groups excluding carboxylic acids is 1. The summed E-state index contributed by atoms with van der Waals surface area (Å²) in [5.74, 6) is 0.791. The third-order valence-corrected chi connectivity index (χ3v) is 4.83. The van der Waals surface area contributed by atoms with Gasteiger partial charge < -0.3 is 20.3 Å². The van der Waals surface area contributed by atoms with Gasteiger partial charge in [0.1, 0.15) is 0 Å². The molecule has 0 bridgehead atoms. The van der Waals surface area contributed by atoms with Crippen molar-refractivity contribution in [3.63, 3.8) is 0 Å². The van der Waals surface area contributed by atoms with Crippen LogP contribution in [0.1, 0.15) is 51.4 Å². The quantitative estimate of drug-likeness (QED) is 0.792. The van der Waals surface area contributed by atoms with Crippen molar-refractivity contribution < 1.29 is 9.53 Å². The molecule has 2 fully saturated rings. The third kappa shape index (κ3) is 6.53. The van der Waals surface area contributed by atoms with Gasteiger partial charge in [0.2, 0.25) is 0 Å². The molecule has 0 spiro atoms. The average Bonchev–Trinajstić information content (AvgIpc) is 2.50. The molecule has 0 aromatic rings. The Morgan fingerprint density at radius 2 is 1.91 bits per heavy atom. The van der Waals surface area contributed by atoms with Crippen LogP contribution in [0.4, 0.5) is 4.79 Å². The molecule has 0 aromatic carbocycles. The van der Waals surface area contributed by atoms with E-state index in [1.807, 2.05) is 0 Å². The van der Waals surface area contributed by atoms with Crippen molar-refractivity contribution in [1.29, 1.82) is 0 Å². The number of ether oxygens (including phenoxy) is 1. The van der Waals surface area contributed by atoms with E-state index in [9.17, 15) is 4.79 Å². The van der Waals surface area contributed by atoms with Crippen molar-refractivity contribution in [2.45, 2.75) is 63.5 Å². The zero-order valence-corrected chi connectivity index (χ0v) is 14.3. The molecule has 128 valence electrons. The molecule has 5 heteroatoms. The smallest absolute Gasteiger partial charge is 0.315 e. The summed E-state index contributed by atoms with van der Waals surface area (Å²) in [5.41, 5.74) is 0. The number of hydrogen-bond donors (Lipinski definition) is 2. The van der Waals surface area contributed by atoms with Gasteiger partial charge in [0.05, 0.1) is 6.10 Å². The van der Waals surface area contributed by atoms with Crippen molar-refractivity contribution >= 4 is 6.03 Å². The fourth-order valence-electron chi connectivity index (χ4n) is 3.62. The van der Waals surface area contributed by atoms with Crippen molar-refractivity contribution in [2.24, 2.45) is 5.92 Å². The van der Waals surface area contributed by atoms with Gasteiger partial charge in [-0.15, -0.1) is 0 Å². The predicted octanol–water partition coefficient (Wildman–Crippen LogP) is 2.37. The summed E-state index contributed by atoms with van der Waals surface area (Å²) in [5, 5.41) is 6.11. The SMILES string of the molecule is CN(C)CC1CCC(NC(=O)NCC[C@H]2CCCCO2)CC1. The molecule has 0 radical (unpaired) electrons. The van der Waals surface area contributed by atoms with Crippen LogP contribution in [0.3, 0.4) is 0 Å². The number of amides is 2. The van der Waals surface area contributed by atoms with Crippen LogP contribution in [0.2, 0.25) is 0 Å². The topological polar surface area (TPSA) is 53.6 Å². The lowest BCUT2D eigenvalue weighted by Gasteiger charge is -2.30. The summed E-state index contributed by atoms with van der Waals surface area (Å²) < 4.78 is 5.68. The lowest BCUT2D eigenvalue weighted by atomic mass is 9.86. The second-order valence-electron chi connectivity index (χ2n) is 7.16. The highest BCUT2D eigenvalue weighted by Crippen LogP contribution is 2.24. The Hall–Kier alpha value is -0.810. The Morgan fingerprint density at radius 3 is 2.55 bits per heavy atom. The van der Waals surface area contributed by atoms with Crippen LogP contribution in [0.15, 0.2) is 0 Å². The first-order valence-electron chi connectivity index (χ1n) is 8.94. The summed E-state index contributed by atoms with van der Waals surface area (Å²) in [4.78, 5) is 14.2. The molecule has 5 nitrogen and oxygen atoms in total. The van der Waals surface area contributed by atoms with Gasteiger partial charge in [-0.05, 0) is 71.4 Å². The van der Waals surface area contributed by atoms with Gasteiger partial charge in [-0.3, -0.25) is 0 Å².